The second-order valence-corrected chi connectivity index (χ2v) is 7.36. The van der Waals surface area contributed by atoms with Crippen molar-refractivity contribution in [3.63, 3.8) is 0 Å². The predicted octanol–water partition coefficient (Wildman–Crippen LogP) is 3.95. The van der Waals surface area contributed by atoms with Gasteiger partial charge in [0.15, 0.2) is 0 Å². The number of aryl methyl sites for hydroxylation is 1. The number of rotatable bonds is 3. The van der Waals surface area contributed by atoms with E-state index in [4.69, 9.17) is 0 Å². The van der Waals surface area contributed by atoms with Gasteiger partial charge in [-0.25, -0.2) is 0 Å². The summed E-state index contributed by atoms with van der Waals surface area (Å²) in [5, 5.41) is 1.84. The summed E-state index contributed by atoms with van der Waals surface area (Å²) in [7, 11) is 0. The average Bonchev–Trinajstić information content (AvgIpc) is 2.96. The number of carbonyl (C=O) groups is 2. The van der Waals surface area contributed by atoms with E-state index in [1.165, 1.54) is 34.4 Å². The summed E-state index contributed by atoms with van der Waals surface area (Å²) >= 11 is 1.35. The monoisotopic (exact) mass is 396 g/mol. The van der Waals surface area contributed by atoms with E-state index in [1.54, 1.807) is 4.90 Å². The highest BCUT2D eigenvalue weighted by molar-refractivity contribution is 7.12. The quantitative estimate of drug-likeness (QED) is 0.788. The lowest BCUT2D eigenvalue weighted by Gasteiger charge is -2.23. The molecule has 0 bridgehead atoms. The molecule has 1 aliphatic rings. The first-order valence-electron chi connectivity index (χ1n) is 8.53. The van der Waals surface area contributed by atoms with Gasteiger partial charge in [0.05, 0.1) is 10.4 Å². The largest absolute Gasteiger partial charge is 0.416 e. The topological polar surface area (TPSA) is 40.6 Å². The SMILES string of the molecule is Cc1ccsc1C(=O)N1CCC(=O)N(Cc2ccccc2C(F)(F)F)CC1. The molecule has 0 spiro atoms. The van der Waals surface area contributed by atoms with Crippen LogP contribution in [-0.4, -0.2) is 41.2 Å². The number of halogens is 3. The molecule has 4 nitrogen and oxygen atoms in total. The van der Waals surface area contributed by atoms with E-state index in [0.717, 1.165) is 11.6 Å². The Morgan fingerprint density at radius 1 is 1.15 bits per heavy atom. The predicted molar refractivity (Wildman–Crippen MR) is 96.4 cm³/mol. The second kappa shape index (κ2) is 7.72. The van der Waals surface area contributed by atoms with Crippen LogP contribution in [0.3, 0.4) is 0 Å². The smallest absolute Gasteiger partial charge is 0.337 e. The summed E-state index contributed by atoms with van der Waals surface area (Å²) in [5.74, 6) is -0.377. The van der Waals surface area contributed by atoms with Gasteiger partial charge in [-0.05, 0) is 35.6 Å². The summed E-state index contributed by atoms with van der Waals surface area (Å²) in [6.07, 6.45) is -4.37. The molecule has 27 heavy (non-hydrogen) atoms. The molecule has 2 heterocycles. The highest BCUT2D eigenvalue weighted by Gasteiger charge is 2.34. The molecule has 1 fully saturated rings. The van der Waals surface area contributed by atoms with Gasteiger partial charge in [0.25, 0.3) is 5.91 Å². The summed E-state index contributed by atoms with van der Waals surface area (Å²) in [6, 6.07) is 7.13. The fraction of sp³-hybridized carbons (Fsp3) is 0.368. The van der Waals surface area contributed by atoms with Crippen LogP contribution in [0.5, 0.6) is 0 Å². The van der Waals surface area contributed by atoms with Gasteiger partial charge in [0.1, 0.15) is 0 Å². The molecular formula is C19H19F3N2O2S. The van der Waals surface area contributed by atoms with Crippen LogP contribution in [0.1, 0.15) is 32.8 Å². The molecule has 0 unspecified atom stereocenters. The standard InChI is InChI=1S/C19H19F3N2O2S/c1-13-7-11-27-17(13)18(26)23-8-6-16(25)24(10-9-23)12-14-4-2-3-5-15(14)19(20,21)22/h2-5,7,11H,6,8-10,12H2,1H3. The molecule has 1 aromatic heterocycles. The van der Waals surface area contributed by atoms with Gasteiger partial charge in [0.2, 0.25) is 5.91 Å². The van der Waals surface area contributed by atoms with Crippen LogP contribution in [-0.2, 0) is 17.5 Å². The van der Waals surface area contributed by atoms with E-state index in [0.29, 0.717) is 11.4 Å². The Labute approximate surface area is 159 Å². The van der Waals surface area contributed by atoms with Crippen molar-refractivity contribution in [2.24, 2.45) is 0 Å². The Kier molecular flexibility index (Phi) is 5.55. The van der Waals surface area contributed by atoms with Crippen LogP contribution in [0.2, 0.25) is 0 Å². The minimum Gasteiger partial charge on any atom is -0.337 e. The van der Waals surface area contributed by atoms with E-state index in [1.807, 2.05) is 18.4 Å². The van der Waals surface area contributed by atoms with Crippen molar-refractivity contribution in [2.45, 2.75) is 26.1 Å². The lowest BCUT2D eigenvalue weighted by Crippen LogP contribution is -2.35. The molecule has 3 rings (SSSR count). The lowest BCUT2D eigenvalue weighted by molar-refractivity contribution is -0.139. The van der Waals surface area contributed by atoms with Gasteiger partial charge >= 0.3 is 6.18 Å². The number of alkyl halides is 3. The molecule has 2 amide bonds. The van der Waals surface area contributed by atoms with Crippen molar-refractivity contribution < 1.29 is 22.8 Å². The summed E-state index contributed by atoms with van der Waals surface area (Å²) in [5.41, 5.74) is 0.216. The van der Waals surface area contributed by atoms with E-state index in [9.17, 15) is 22.8 Å². The summed E-state index contributed by atoms with van der Waals surface area (Å²) in [6.45, 7) is 2.52. The van der Waals surface area contributed by atoms with Crippen molar-refractivity contribution >= 4 is 23.2 Å². The van der Waals surface area contributed by atoms with Gasteiger partial charge in [-0.15, -0.1) is 11.3 Å². The van der Waals surface area contributed by atoms with Crippen molar-refractivity contribution in [3.8, 4) is 0 Å². The number of hydrogen-bond acceptors (Lipinski definition) is 3. The van der Waals surface area contributed by atoms with E-state index >= 15 is 0 Å². The van der Waals surface area contributed by atoms with Crippen molar-refractivity contribution in [1.29, 1.82) is 0 Å². The van der Waals surface area contributed by atoms with E-state index in [2.05, 4.69) is 0 Å². The maximum Gasteiger partial charge on any atom is 0.416 e. The molecule has 0 aliphatic carbocycles. The summed E-state index contributed by atoms with van der Waals surface area (Å²) < 4.78 is 39.6. The first-order valence-corrected chi connectivity index (χ1v) is 9.41. The molecule has 1 aromatic carbocycles. The molecule has 0 saturated carbocycles. The zero-order chi connectivity index (χ0) is 19.6. The fourth-order valence-corrected chi connectivity index (χ4v) is 4.00. The average molecular weight is 396 g/mol. The summed E-state index contributed by atoms with van der Waals surface area (Å²) in [4.78, 5) is 28.7. The number of thiophene rings is 1. The zero-order valence-corrected chi connectivity index (χ0v) is 15.6. The fourth-order valence-electron chi connectivity index (χ4n) is 3.11. The molecule has 2 aromatic rings. The zero-order valence-electron chi connectivity index (χ0n) is 14.8. The van der Waals surface area contributed by atoms with Crippen molar-refractivity contribution in [3.05, 3.63) is 57.3 Å². The van der Waals surface area contributed by atoms with E-state index < -0.39 is 11.7 Å². The molecule has 0 radical (unpaired) electrons. The van der Waals surface area contributed by atoms with Gasteiger partial charge in [0, 0.05) is 32.6 Å². The van der Waals surface area contributed by atoms with Gasteiger partial charge < -0.3 is 9.80 Å². The molecule has 144 valence electrons. The van der Waals surface area contributed by atoms with Crippen LogP contribution >= 0.6 is 11.3 Å². The minimum atomic E-state index is -4.47. The molecule has 0 atom stereocenters. The third-order valence-electron chi connectivity index (χ3n) is 4.62. The number of benzene rings is 1. The van der Waals surface area contributed by atoms with Crippen LogP contribution < -0.4 is 0 Å². The lowest BCUT2D eigenvalue weighted by atomic mass is 10.1. The highest BCUT2D eigenvalue weighted by atomic mass is 32.1. The Morgan fingerprint density at radius 2 is 1.89 bits per heavy atom. The molecule has 8 heteroatoms. The van der Waals surface area contributed by atoms with Gasteiger partial charge in [-0.2, -0.15) is 13.2 Å². The number of carbonyl (C=O) groups excluding carboxylic acids is 2. The van der Waals surface area contributed by atoms with Crippen molar-refractivity contribution in [2.75, 3.05) is 19.6 Å². The molecule has 0 N–H and O–H groups in total. The van der Waals surface area contributed by atoms with Crippen molar-refractivity contribution in [1.82, 2.24) is 9.80 Å². The third kappa shape index (κ3) is 4.32. The molecular weight excluding hydrogens is 377 g/mol. The van der Waals surface area contributed by atoms with Gasteiger partial charge in [-0.1, -0.05) is 18.2 Å². The Bertz CT molecular complexity index is 847. The normalized spacial score (nSPS) is 15.8. The van der Waals surface area contributed by atoms with Crippen LogP contribution in [0.15, 0.2) is 35.7 Å². The first-order chi connectivity index (χ1) is 12.8. The number of nitrogens with zero attached hydrogens (tertiary/aromatic N) is 2. The third-order valence-corrected chi connectivity index (χ3v) is 5.62. The molecule has 1 saturated heterocycles. The maximum absolute atomic E-state index is 13.2. The number of amides is 2. The Morgan fingerprint density at radius 3 is 2.56 bits per heavy atom. The van der Waals surface area contributed by atoms with Gasteiger partial charge in [-0.3, -0.25) is 9.59 Å². The second-order valence-electron chi connectivity index (χ2n) is 6.45. The maximum atomic E-state index is 13.2. The van der Waals surface area contributed by atoms with Crippen LogP contribution in [0, 0.1) is 6.92 Å². The van der Waals surface area contributed by atoms with Crippen LogP contribution in [0.4, 0.5) is 13.2 Å². The van der Waals surface area contributed by atoms with E-state index in [-0.39, 0.29) is 43.4 Å². The Hall–Kier alpha value is -2.35. The highest BCUT2D eigenvalue weighted by Crippen LogP contribution is 2.32. The molecule has 1 aliphatic heterocycles. The first kappa shape index (κ1) is 19.4. The number of hydrogen-bond donors (Lipinski definition) is 0. The Balaban J connectivity index is 1.74. The minimum absolute atomic E-state index is 0.0622. The van der Waals surface area contributed by atoms with Crippen LogP contribution in [0.25, 0.3) is 0 Å².